The number of carbonyl (C=O) groups is 3. The molecule has 1 aliphatic rings. The van der Waals surface area contributed by atoms with Crippen LogP contribution in [0.5, 0.6) is 23.0 Å². The molecule has 0 radical (unpaired) electrons. The number of amides is 1. The summed E-state index contributed by atoms with van der Waals surface area (Å²) in [5, 5.41) is 11.8. The van der Waals surface area contributed by atoms with Crippen LogP contribution in [-0.4, -0.2) is 44.1 Å². The molecule has 1 heterocycles. The van der Waals surface area contributed by atoms with Gasteiger partial charge < -0.3 is 24.1 Å². The molecule has 9 nitrogen and oxygen atoms in total. The summed E-state index contributed by atoms with van der Waals surface area (Å²) in [7, 11) is 4.26. The highest BCUT2D eigenvalue weighted by atomic mass is 35.5. The minimum Gasteiger partial charge on any atom is -0.507 e. The third kappa shape index (κ3) is 4.88. The molecule has 1 N–H and O–H groups in total. The van der Waals surface area contributed by atoms with E-state index in [1.165, 1.54) is 51.4 Å². The number of anilines is 1. The largest absolute Gasteiger partial charge is 0.507 e. The van der Waals surface area contributed by atoms with Crippen LogP contribution in [0.4, 0.5) is 5.69 Å². The Hall–Kier alpha value is -4.50. The number of carbonyl (C=O) groups excluding carboxylic acids is 3. The van der Waals surface area contributed by atoms with Gasteiger partial charge in [-0.05, 0) is 35.9 Å². The number of ether oxygens (including phenoxy) is 4. The van der Waals surface area contributed by atoms with Crippen molar-refractivity contribution in [1.82, 2.24) is 0 Å². The van der Waals surface area contributed by atoms with Gasteiger partial charge in [0.15, 0.2) is 0 Å². The van der Waals surface area contributed by atoms with Crippen molar-refractivity contribution in [2.75, 3.05) is 26.2 Å². The highest BCUT2D eigenvalue weighted by molar-refractivity contribution is 6.51. The number of Topliss-reactive ketones (excluding diaryl/α,β-unsaturated/α-hetero) is 1. The summed E-state index contributed by atoms with van der Waals surface area (Å²) in [6, 6.07) is 14.7. The fraction of sp³-hybridized carbons (Fsp3) is 0.179. The Labute approximate surface area is 223 Å². The Morgan fingerprint density at radius 3 is 2.24 bits per heavy atom. The minimum absolute atomic E-state index is 0.0959. The SMILES string of the molecule is COc1cccc(N2C(=O)C(=O)/C(=C(/O)c3cc(OC)c(Cl)cc3OC)C2c2cccc(OC(C)=O)c2)c1. The van der Waals surface area contributed by atoms with Gasteiger partial charge in [-0.2, -0.15) is 0 Å². The van der Waals surface area contributed by atoms with E-state index in [2.05, 4.69) is 0 Å². The number of halogens is 1. The number of hydrogen-bond donors (Lipinski definition) is 1. The molecule has 3 aromatic rings. The van der Waals surface area contributed by atoms with E-state index < -0.39 is 29.5 Å². The van der Waals surface area contributed by atoms with Crippen LogP contribution in [-0.2, 0) is 14.4 Å². The second-order valence-electron chi connectivity index (χ2n) is 8.22. The van der Waals surface area contributed by atoms with Crippen LogP contribution in [0.25, 0.3) is 5.76 Å². The van der Waals surface area contributed by atoms with Gasteiger partial charge in [-0.3, -0.25) is 19.3 Å². The van der Waals surface area contributed by atoms with E-state index in [0.29, 0.717) is 17.0 Å². The van der Waals surface area contributed by atoms with Gasteiger partial charge in [0.05, 0.1) is 43.5 Å². The lowest BCUT2D eigenvalue weighted by Crippen LogP contribution is -2.29. The minimum atomic E-state index is -1.09. The molecule has 0 aliphatic carbocycles. The molecule has 0 saturated carbocycles. The van der Waals surface area contributed by atoms with Gasteiger partial charge in [0.2, 0.25) is 0 Å². The first kappa shape index (κ1) is 26.6. The summed E-state index contributed by atoms with van der Waals surface area (Å²) in [6.45, 7) is 1.26. The first-order chi connectivity index (χ1) is 18.2. The van der Waals surface area contributed by atoms with Crippen molar-refractivity contribution < 1.29 is 38.4 Å². The number of hydrogen-bond acceptors (Lipinski definition) is 8. The molecule has 0 bridgehead atoms. The lowest BCUT2D eigenvalue weighted by molar-refractivity contribution is -0.132. The van der Waals surface area contributed by atoms with Gasteiger partial charge in [0.1, 0.15) is 28.8 Å². The molecule has 1 saturated heterocycles. The summed E-state index contributed by atoms with van der Waals surface area (Å²) in [5.74, 6) is -1.78. The second kappa shape index (κ2) is 10.9. The molecule has 1 atom stereocenters. The molecule has 196 valence electrons. The van der Waals surface area contributed by atoms with Crippen molar-refractivity contribution in [3.8, 4) is 23.0 Å². The van der Waals surface area contributed by atoms with Crippen molar-refractivity contribution in [2.24, 2.45) is 0 Å². The van der Waals surface area contributed by atoms with E-state index >= 15 is 0 Å². The van der Waals surface area contributed by atoms with E-state index in [0.717, 1.165) is 0 Å². The average Bonchev–Trinajstić information content (AvgIpc) is 3.18. The number of aliphatic hydroxyl groups is 1. The average molecular weight is 538 g/mol. The van der Waals surface area contributed by atoms with Crippen LogP contribution < -0.4 is 23.8 Å². The monoisotopic (exact) mass is 537 g/mol. The molecule has 1 aliphatic heterocycles. The third-order valence-corrected chi connectivity index (χ3v) is 6.24. The second-order valence-corrected chi connectivity index (χ2v) is 8.63. The van der Waals surface area contributed by atoms with Gasteiger partial charge in [-0.1, -0.05) is 29.8 Å². The van der Waals surface area contributed by atoms with Gasteiger partial charge in [0.25, 0.3) is 11.7 Å². The number of nitrogens with zero attached hydrogens (tertiary/aromatic N) is 1. The summed E-state index contributed by atoms with van der Waals surface area (Å²) >= 11 is 6.23. The van der Waals surface area contributed by atoms with Crippen LogP contribution >= 0.6 is 11.6 Å². The molecular weight excluding hydrogens is 514 g/mol. The first-order valence-corrected chi connectivity index (χ1v) is 11.7. The lowest BCUT2D eigenvalue weighted by Gasteiger charge is -2.26. The zero-order valence-electron chi connectivity index (χ0n) is 21.0. The van der Waals surface area contributed by atoms with Crippen LogP contribution in [0.2, 0.25) is 5.02 Å². The Morgan fingerprint density at radius 1 is 0.895 bits per heavy atom. The van der Waals surface area contributed by atoms with Crippen LogP contribution in [0.15, 0.2) is 66.2 Å². The molecule has 38 heavy (non-hydrogen) atoms. The van der Waals surface area contributed by atoms with Gasteiger partial charge >= 0.3 is 5.97 Å². The predicted molar refractivity (Wildman–Crippen MR) is 140 cm³/mol. The zero-order chi connectivity index (χ0) is 27.6. The standard InChI is InChI=1S/C28H24ClNO8/c1-15(31)38-19-10-5-7-16(11-19)25-24(26(32)20-13-23(37-4)21(29)14-22(20)36-3)27(33)28(34)30(25)17-8-6-9-18(12-17)35-2/h5-14,25,32H,1-4H3/b26-24+. The molecule has 0 spiro atoms. The van der Waals surface area contributed by atoms with Crippen molar-refractivity contribution >= 4 is 40.7 Å². The molecule has 0 aromatic heterocycles. The number of benzene rings is 3. The van der Waals surface area contributed by atoms with Crippen molar-refractivity contribution in [3.05, 3.63) is 82.4 Å². The highest BCUT2D eigenvalue weighted by Crippen LogP contribution is 2.45. The summed E-state index contributed by atoms with van der Waals surface area (Å²) in [4.78, 5) is 39.8. The predicted octanol–water partition coefficient (Wildman–Crippen LogP) is 4.92. The Bertz CT molecular complexity index is 1460. The molecule has 1 unspecified atom stereocenters. The molecule has 4 rings (SSSR count). The number of rotatable bonds is 7. The van der Waals surface area contributed by atoms with Crippen LogP contribution in [0, 0.1) is 0 Å². The Kier molecular flexibility index (Phi) is 7.59. The molecule has 3 aromatic carbocycles. The van der Waals surface area contributed by atoms with Gasteiger partial charge in [-0.25, -0.2) is 0 Å². The van der Waals surface area contributed by atoms with E-state index in [-0.39, 0.29) is 33.4 Å². The molecule has 1 amide bonds. The molecule has 1 fully saturated rings. The number of aliphatic hydroxyl groups excluding tert-OH is 1. The first-order valence-electron chi connectivity index (χ1n) is 11.4. The number of ketones is 1. The fourth-order valence-electron chi connectivity index (χ4n) is 4.28. The maximum Gasteiger partial charge on any atom is 0.308 e. The quantitative estimate of drug-likeness (QED) is 0.149. The number of esters is 1. The van der Waals surface area contributed by atoms with Crippen LogP contribution in [0.3, 0.4) is 0 Å². The van der Waals surface area contributed by atoms with Crippen molar-refractivity contribution in [2.45, 2.75) is 13.0 Å². The van der Waals surface area contributed by atoms with E-state index in [1.807, 2.05) is 0 Å². The molecule has 10 heteroatoms. The van der Waals surface area contributed by atoms with Gasteiger partial charge in [-0.15, -0.1) is 0 Å². The third-order valence-electron chi connectivity index (χ3n) is 5.94. The van der Waals surface area contributed by atoms with Crippen molar-refractivity contribution in [3.63, 3.8) is 0 Å². The van der Waals surface area contributed by atoms with E-state index in [9.17, 15) is 19.5 Å². The van der Waals surface area contributed by atoms with Crippen molar-refractivity contribution in [1.29, 1.82) is 0 Å². The summed E-state index contributed by atoms with van der Waals surface area (Å²) in [5.41, 5.74) is 0.653. The zero-order valence-corrected chi connectivity index (χ0v) is 21.7. The summed E-state index contributed by atoms with van der Waals surface area (Å²) in [6.07, 6.45) is 0. The lowest BCUT2D eigenvalue weighted by atomic mass is 9.94. The van der Waals surface area contributed by atoms with E-state index in [4.69, 9.17) is 30.5 Å². The molecular formula is C28H24ClNO8. The maximum atomic E-state index is 13.5. The topological polar surface area (TPSA) is 112 Å². The number of methoxy groups -OCH3 is 3. The fourth-order valence-corrected chi connectivity index (χ4v) is 4.51. The normalized spacial score (nSPS) is 16.3. The summed E-state index contributed by atoms with van der Waals surface area (Å²) < 4.78 is 21.2. The Morgan fingerprint density at radius 2 is 1.58 bits per heavy atom. The van der Waals surface area contributed by atoms with E-state index in [1.54, 1.807) is 42.5 Å². The van der Waals surface area contributed by atoms with Crippen LogP contribution in [0.1, 0.15) is 24.1 Å². The Balaban J connectivity index is 2.00. The van der Waals surface area contributed by atoms with Gasteiger partial charge in [0, 0.05) is 24.7 Å². The highest BCUT2D eigenvalue weighted by Gasteiger charge is 2.47. The maximum absolute atomic E-state index is 13.5. The smallest absolute Gasteiger partial charge is 0.308 e.